The number of anilines is 1. The van der Waals surface area contributed by atoms with Crippen LogP contribution < -0.4 is 5.32 Å². The van der Waals surface area contributed by atoms with Gasteiger partial charge in [0.05, 0.1) is 23.4 Å². The normalized spacial score (nSPS) is 10.8. The van der Waals surface area contributed by atoms with Crippen LogP contribution in [0, 0.1) is 0 Å². The molecule has 0 saturated carbocycles. The minimum absolute atomic E-state index is 0.0460. The number of aliphatic hydroxyl groups excluding tert-OH is 2. The Kier molecular flexibility index (Phi) is 4.15. The first-order valence-electron chi connectivity index (χ1n) is 6.71. The van der Waals surface area contributed by atoms with Crippen LogP contribution in [0.5, 0.6) is 0 Å². The maximum absolute atomic E-state index is 12.2. The number of nitrogens with one attached hydrogen (secondary N) is 1. The fourth-order valence-corrected chi connectivity index (χ4v) is 2.89. The van der Waals surface area contributed by atoms with Crippen LogP contribution >= 0.6 is 11.3 Å². The maximum atomic E-state index is 12.2. The van der Waals surface area contributed by atoms with E-state index in [9.17, 15) is 4.79 Å². The molecule has 3 aromatic rings. The molecule has 5 nitrogen and oxygen atoms in total. The first kappa shape index (κ1) is 14.6. The molecule has 0 atom stereocenters. The fraction of sp³-hybridized carbons (Fsp3) is 0.125. The molecule has 22 heavy (non-hydrogen) atoms. The Bertz CT molecular complexity index is 812. The van der Waals surface area contributed by atoms with Crippen molar-refractivity contribution in [2.24, 2.45) is 0 Å². The summed E-state index contributed by atoms with van der Waals surface area (Å²) in [4.78, 5) is 16.5. The van der Waals surface area contributed by atoms with Crippen LogP contribution in [0.1, 0.15) is 20.9 Å². The molecular weight excluding hydrogens is 300 g/mol. The standard InChI is InChI=1S/C16H14N2O3S/c19-8-10-1-3-11(4-2-10)16(21)17-12-5-6-14-13(7-12)18-15(9-20)22-14/h1-7,19-20H,8-9H2,(H,17,21). The van der Waals surface area contributed by atoms with Gasteiger partial charge in [-0.05, 0) is 35.9 Å². The molecule has 0 unspecified atom stereocenters. The van der Waals surface area contributed by atoms with Crippen LogP contribution in [0.25, 0.3) is 10.2 Å². The highest BCUT2D eigenvalue weighted by Gasteiger charge is 2.08. The zero-order chi connectivity index (χ0) is 15.5. The molecule has 0 radical (unpaired) electrons. The first-order chi connectivity index (χ1) is 10.7. The number of rotatable bonds is 4. The van der Waals surface area contributed by atoms with Crippen molar-refractivity contribution in [3.63, 3.8) is 0 Å². The quantitative estimate of drug-likeness (QED) is 0.691. The second kappa shape index (κ2) is 6.23. The third-order valence-electron chi connectivity index (χ3n) is 3.22. The molecular formula is C16H14N2O3S. The molecule has 0 aliphatic carbocycles. The third kappa shape index (κ3) is 2.99. The molecule has 0 fully saturated rings. The van der Waals surface area contributed by atoms with E-state index in [2.05, 4.69) is 10.3 Å². The number of carbonyl (C=O) groups is 1. The fourth-order valence-electron chi connectivity index (χ4n) is 2.09. The number of amides is 1. The highest BCUT2D eigenvalue weighted by molar-refractivity contribution is 7.18. The van der Waals surface area contributed by atoms with E-state index in [1.807, 2.05) is 12.1 Å². The summed E-state index contributed by atoms with van der Waals surface area (Å²) in [6, 6.07) is 12.2. The lowest BCUT2D eigenvalue weighted by atomic mass is 10.1. The summed E-state index contributed by atoms with van der Waals surface area (Å²) < 4.78 is 0.967. The van der Waals surface area contributed by atoms with E-state index < -0.39 is 0 Å². The lowest BCUT2D eigenvalue weighted by molar-refractivity contribution is 0.102. The zero-order valence-electron chi connectivity index (χ0n) is 11.6. The van der Waals surface area contributed by atoms with E-state index in [4.69, 9.17) is 10.2 Å². The Morgan fingerprint density at radius 1 is 1.09 bits per heavy atom. The van der Waals surface area contributed by atoms with Gasteiger partial charge in [0, 0.05) is 11.3 Å². The van der Waals surface area contributed by atoms with Gasteiger partial charge in [0.2, 0.25) is 0 Å². The molecule has 1 amide bonds. The summed E-state index contributed by atoms with van der Waals surface area (Å²) in [5.41, 5.74) is 2.68. The minimum Gasteiger partial charge on any atom is -0.392 e. The monoisotopic (exact) mass is 314 g/mol. The van der Waals surface area contributed by atoms with Crippen LogP contribution in [0.3, 0.4) is 0 Å². The number of thiazole rings is 1. The van der Waals surface area contributed by atoms with Crippen molar-refractivity contribution in [2.45, 2.75) is 13.2 Å². The number of carbonyl (C=O) groups excluding carboxylic acids is 1. The average Bonchev–Trinajstić information content (AvgIpc) is 2.97. The molecule has 0 saturated heterocycles. The summed E-state index contributed by atoms with van der Waals surface area (Å²) in [6.07, 6.45) is 0. The number of hydrogen-bond donors (Lipinski definition) is 3. The van der Waals surface area contributed by atoms with Crippen molar-refractivity contribution in [1.82, 2.24) is 4.98 Å². The maximum Gasteiger partial charge on any atom is 0.255 e. The predicted octanol–water partition coefficient (Wildman–Crippen LogP) is 2.53. The van der Waals surface area contributed by atoms with Crippen molar-refractivity contribution in [3.05, 3.63) is 58.6 Å². The van der Waals surface area contributed by atoms with Crippen molar-refractivity contribution >= 4 is 33.1 Å². The van der Waals surface area contributed by atoms with Gasteiger partial charge in [0.25, 0.3) is 5.91 Å². The number of aliphatic hydroxyl groups is 2. The molecule has 3 rings (SSSR count). The van der Waals surface area contributed by atoms with Gasteiger partial charge >= 0.3 is 0 Å². The number of aromatic nitrogens is 1. The lowest BCUT2D eigenvalue weighted by Crippen LogP contribution is -2.11. The van der Waals surface area contributed by atoms with E-state index in [0.717, 1.165) is 15.8 Å². The lowest BCUT2D eigenvalue weighted by Gasteiger charge is -2.05. The van der Waals surface area contributed by atoms with Gasteiger partial charge in [-0.15, -0.1) is 11.3 Å². The Labute approximate surface area is 130 Å². The molecule has 3 N–H and O–H groups in total. The number of hydrogen-bond acceptors (Lipinski definition) is 5. The van der Waals surface area contributed by atoms with Crippen LogP contribution in [-0.4, -0.2) is 21.1 Å². The molecule has 1 heterocycles. The van der Waals surface area contributed by atoms with Crippen LogP contribution in [-0.2, 0) is 13.2 Å². The molecule has 0 spiro atoms. The second-order valence-corrected chi connectivity index (χ2v) is 5.87. The van der Waals surface area contributed by atoms with Crippen LogP contribution in [0.4, 0.5) is 5.69 Å². The smallest absolute Gasteiger partial charge is 0.255 e. The van der Waals surface area contributed by atoms with Gasteiger partial charge in [0.15, 0.2) is 0 Å². The van der Waals surface area contributed by atoms with E-state index >= 15 is 0 Å². The van der Waals surface area contributed by atoms with Crippen LogP contribution in [0.15, 0.2) is 42.5 Å². The first-order valence-corrected chi connectivity index (χ1v) is 7.53. The molecule has 112 valence electrons. The molecule has 2 aromatic carbocycles. The number of benzene rings is 2. The van der Waals surface area contributed by atoms with Crippen LogP contribution in [0.2, 0.25) is 0 Å². The molecule has 0 aliphatic heterocycles. The minimum atomic E-state index is -0.221. The highest BCUT2D eigenvalue weighted by atomic mass is 32.1. The molecule has 6 heteroatoms. The van der Waals surface area contributed by atoms with E-state index in [0.29, 0.717) is 16.3 Å². The molecule has 1 aromatic heterocycles. The second-order valence-electron chi connectivity index (χ2n) is 4.76. The topological polar surface area (TPSA) is 82.5 Å². The summed E-state index contributed by atoms with van der Waals surface area (Å²) in [7, 11) is 0. The van der Waals surface area contributed by atoms with Gasteiger partial charge in [0.1, 0.15) is 5.01 Å². The van der Waals surface area contributed by atoms with Gasteiger partial charge in [-0.25, -0.2) is 4.98 Å². The SMILES string of the molecule is O=C(Nc1ccc2sc(CO)nc2c1)c1ccc(CO)cc1. The van der Waals surface area contributed by atoms with Gasteiger partial charge in [-0.3, -0.25) is 4.79 Å². The Balaban J connectivity index is 1.80. The zero-order valence-corrected chi connectivity index (χ0v) is 12.4. The summed E-state index contributed by atoms with van der Waals surface area (Å²) in [6.45, 7) is -0.131. The van der Waals surface area contributed by atoms with Gasteiger partial charge in [-0.2, -0.15) is 0 Å². The summed E-state index contributed by atoms with van der Waals surface area (Å²) in [5.74, 6) is -0.221. The Morgan fingerprint density at radius 2 is 1.86 bits per heavy atom. The average molecular weight is 314 g/mol. The summed E-state index contributed by atoms with van der Waals surface area (Å²) >= 11 is 1.43. The van der Waals surface area contributed by atoms with Crippen molar-refractivity contribution in [3.8, 4) is 0 Å². The molecule has 0 bridgehead atoms. The summed E-state index contributed by atoms with van der Waals surface area (Å²) in [5, 5.41) is 21.6. The van der Waals surface area contributed by atoms with Crippen molar-refractivity contribution < 1.29 is 15.0 Å². The van der Waals surface area contributed by atoms with E-state index in [1.54, 1.807) is 30.3 Å². The van der Waals surface area contributed by atoms with Crippen molar-refractivity contribution in [1.29, 1.82) is 0 Å². The molecule has 0 aliphatic rings. The van der Waals surface area contributed by atoms with Gasteiger partial charge < -0.3 is 15.5 Å². The third-order valence-corrected chi connectivity index (χ3v) is 4.24. The van der Waals surface area contributed by atoms with Crippen molar-refractivity contribution in [2.75, 3.05) is 5.32 Å². The number of fused-ring (bicyclic) bond motifs is 1. The Morgan fingerprint density at radius 3 is 2.55 bits per heavy atom. The van der Waals surface area contributed by atoms with E-state index in [1.165, 1.54) is 11.3 Å². The largest absolute Gasteiger partial charge is 0.392 e. The predicted molar refractivity (Wildman–Crippen MR) is 85.9 cm³/mol. The Hall–Kier alpha value is -2.28. The van der Waals surface area contributed by atoms with E-state index in [-0.39, 0.29) is 19.1 Å². The van der Waals surface area contributed by atoms with Gasteiger partial charge in [-0.1, -0.05) is 12.1 Å². The number of nitrogens with zero attached hydrogens (tertiary/aromatic N) is 1. The highest BCUT2D eigenvalue weighted by Crippen LogP contribution is 2.25.